The predicted molar refractivity (Wildman–Crippen MR) is 110 cm³/mol. The number of rotatable bonds is 9. The number of ketones is 1. The third-order valence-corrected chi connectivity index (χ3v) is 5.25. The summed E-state index contributed by atoms with van der Waals surface area (Å²) in [4.78, 5) is 23.8. The molecule has 0 aromatic heterocycles. The van der Waals surface area contributed by atoms with Crippen molar-refractivity contribution in [2.75, 3.05) is 6.61 Å². The monoisotopic (exact) mass is 393 g/mol. The third-order valence-electron chi connectivity index (χ3n) is 5.25. The minimum Gasteiger partial charge on any atom is -0.459 e. The maximum atomic E-state index is 12.2. The quantitative estimate of drug-likeness (QED) is 0.203. The number of esters is 1. The second-order valence-corrected chi connectivity index (χ2v) is 8.07. The zero-order valence-corrected chi connectivity index (χ0v) is 17.9. The first kappa shape index (κ1) is 24.1. The standard InChI is InChI=1S/C22H35NO5/c1-16(2)8-10-20(25)17(3)7-6-13-22(5)21(28-18(4)24)11-9-19(15-27-22)12-14-23-26/h8,12,14,17,21,26H,6-7,9-11,13,15H2,1-5H3/t17?,21-,22+/m1/s1. The summed E-state index contributed by atoms with van der Waals surface area (Å²) in [5, 5.41) is 11.6. The Morgan fingerprint density at radius 1 is 1.39 bits per heavy atom. The van der Waals surface area contributed by atoms with E-state index in [1.54, 1.807) is 6.08 Å². The van der Waals surface area contributed by atoms with Gasteiger partial charge in [0.05, 0.1) is 12.8 Å². The fourth-order valence-electron chi connectivity index (χ4n) is 3.36. The highest BCUT2D eigenvalue weighted by atomic mass is 16.6. The Morgan fingerprint density at radius 3 is 2.71 bits per heavy atom. The molecule has 0 radical (unpaired) electrons. The maximum absolute atomic E-state index is 12.2. The van der Waals surface area contributed by atoms with Gasteiger partial charge in [-0.1, -0.05) is 23.7 Å². The van der Waals surface area contributed by atoms with Crippen molar-refractivity contribution < 1.29 is 24.3 Å². The molecule has 1 heterocycles. The fourth-order valence-corrected chi connectivity index (χ4v) is 3.36. The van der Waals surface area contributed by atoms with Crippen molar-refractivity contribution in [2.24, 2.45) is 11.1 Å². The Hall–Kier alpha value is -1.95. The summed E-state index contributed by atoms with van der Waals surface area (Å²) in [5.74, 6) is -0.0824. The topological polar surface area (TPSA) is 85.2 Å². The molecule has 0 aromatic rings. The number of ether oxygens (including phenoxy) is 2. The molecule has 0 aromatic carbocycles. The SMILES string of the molecule is CC(=O)O[C@@H]1CCC(=CC=NO)CO[C@@]1(C)CCCC(C)C(=O)CC=C(C)C. The smallest absolute Gasteiger partial charge is 0.303 e. The van der Waals surface area contributed by atoms with E-state index < -0.39 is 5.60 Å². The van der Waals surface area contributed by atoms with Crippen LogP contribution in [0.2, 0.25) is 0 Å². The summed E-state index contributed by atoms with van der Waals surface area (Å²) in [6.45, 7) is 9.73. The van der Waals surface area contributed by atoms with Gasteiger partial charge in [-0.15, -0.1) is 0 Å². The molecule has 1 N–H and O–H groups in total. The van der Waals surface area contributed by atoms with Crippen LogP contribution < -0.4 is 0 Å². The Labute approximate surface area is 168 Å². The summed E-state index contributed by atoms with van der Waals surface area (Å²) in [6.07, 6.45) is 8.79. The number of Topliss-reactive ketones (excluding diaryl/α,β-unsaturated/α-hetero) is 1. The van der Waals surface area contributed by atoms with E-state index in [-0.39, 0.29) is 23.8 Å². The van der Waals surface area contributed by atoms with Crippen LogP contribution in [0, 0.1) is 5.92 Å². The highest BCUT2D eigenvalue weighted by Gasteiger charge is 2.39. The van der Waals surface area contributed by atoms with Crippen LogP contribution in [0.25, 0.3) is 0 Å². The highest BCUT2D eigenvalue weighted by Crippen LogP contribution is 2.34. The molecular formula is C22H35NO5. The molecule has 0 amide bonds. The summed E-state index contributed by atoms with van der Waals surface area (Å²) < 4.78 is 11.7. The molecule has 1 rings (SSSR count). The predicted octanol–water partition coefficient (Wildman–Crippen LogP) is 4.61. The zero-order chi connectivity index (χ0) is 21.2. The Kier molecular flexibility index (Phi) is 10.1. The Balaban J connectivity index is 2.72. The van der Waals surface area contributed by atoms with Gasteiger partial charge in [-0.25, -0.2) is 0 Å². The van der Waals surface area contributed by atoms with Crippen LogP contribution in [0.5, 0.6) is 0 Å². The second-order valence-electron chi connectivity index (χ2n) is 8.07. The number of hydrogen-bond donors (Lipinski definition) is 1. The van der Waals surface area contributed by atoms with E-state index in [0.717, 1.165) is 24.0 Å². The van der Waals surface area contributed by atoms with Crippen LogP contribution in [-0.4, -0.2) is 41.5 Å². The molecule has 0 aliphatic carbocycles. The van der Waals surface area contributed by atoms with Crippen molar-refractivity contribution >= 4 is 18.0 Å². The van der Waals surface area contributed by atoms with Crippen molar-refractivity contribution in [3.63, 3.8) is 0 Å². The lowest BCUT2D eigenvalue weighted by Gasteiger charge is -2.35. The summed E-state index contributed by atoms with van der Waals surface area (Å²) in [7, 11) is 0. The van der Waals surface area contributed by atoms with Gasteiger partial charge in [0.15, 0.2) is 0 Å². The number of allylic oxidation sites excluding steroid dienone is 3. The van der Waals surface area contributed by atoms with Gasteiger partial charge in [-0.2, -0.15) is 0 Å². The maximum Gasteiger partial charge on any atom is 0.303 e. The average molecular weight is 394 g/mol. The van der Waals surface area contributed by atoms with E-state index in [1.807, 2.05) is 33.8 Å². The number of oxime groups is 1. The van der Waals surface area contributed by atoms with Crippen molar-refractivity contribution in [3.05, 3.63) is 23.3 Å². The van der Waals surface area contributed by atoms with Crippen LogP contribution >= 0.6 is 0 Å². The molecule has 0 saturated carbocycles. The average Bonchev–Trinajstić information content (AvgIpc) is 2.77. The third kappa shape index (κ3) is 8.38. The van der Waals surface area contributed by atoms with E-state index in [4.69, 9.17) is 14.7 Å². The van der Waals surface area contributed by atoms with Crippen LogP contribution in [0.4, 0.5) is 0 Å². The zero-order valence-electron chi connectivity index (χ0n) is 17.9. The molecule has 1 aliphatic heterocycles. The molecule has 6 heteroatoms. The highest BCUT2D eigenvalue weighted by molar-refractivity contribution is 5.82. The minimum absolute atomic E-state index is 0.00613. The molecule has 6 nitrogen and oxygen atoms in total. The van der Waals surface area contributed by atoms with Gasteiger partial charge in [0.25, 0.3) is 0 Å². The lowest BCUT2D eigenvalue weighted by molar-refractivity contribution is -0.167. The number of carbonyl (C=O) groups excluding carboxylic acids is 2. The van der Waals surface area contributed by atoms with Crippen LogP contribution in [0.3, 0.4) is 0 Å². The molecule has 158 valence electrons. The minimum atomic E-state index is -0.611. The molecule has 1 saturated heterocycles. The van der Waals surface area contributed by atoms with Gasteiger partial charge >= 0.3 is 5.97 Å². The first-order valence-electron chi connectivity index (χ1n) is 10.0. The van der Waals surface area contributed by atoms with E-state index in [9.17, 15) is 9.59 Å². The van der Waals surface area contributed by atoms with Gasteiger partial charge in [-0.3, -0.25) is 9.59 Å². The summed E-state index contributed by atoms with van der Waals surface area (Å²) >= 11 is 0. The molecule has 1 fully saturated rings. The molecule has 3 atom stereocenters. The lowest BCUT2D eigenvalue weighted by atomic mass is 9.87. The van der Waals surface area contributed by atoms with Crippen molar-refractivity contribution in [1.82, 2.24) is 0 Å². The van der Waals surface area contributed by atoms with E-state index >= 15 is 0 Å². The van der Waals surface area contributed by atoms with Crippen LogP contribution in [0.1, 0.15) is 73.1 Å². The second kappa shape index (κ2) is 11.8. The van der Waals surface area contributed by atoms with Gasteiger partial charge < -0.3 is 14.7 Å². The number of nitrogens with zero attached hydrogens (tertiary/aromatic N) is 1. The first-order chi connectivity index (χ1) is 13.2. The molecule has 0 spiro atoms. The molecule has 28 heavy (non-hydrogen) atoms. The Bertz CT molecular complexity index is 618. The van der Waals surface area contributed by atoms with Crippen LogP contribution in [0.15, 0.2) is 28.5 Å². The van der Waals surface area contributed by atoms with Gasteiger partial charge in [0.2, 0.25) is 0 Å². The largest absolute Gasteiger partial charge is 0.459 e. The van der Waals surface area contributed by atoms with Gasteiger partial charge in [-0.05, 0) is 64.5 Å². The van der Waals surface area contributed by atoms with Crippen LogP contribution in [-0.2, 0) is 19.1 Å². The molecule has 1 aliphatic rings. The number of carbonyl (C=O) groups is 2. The normalized spacial score (nSPS) is 25.3. The van der Waals surface area contributed by atoms with E-state index in [1.165, 1.54) is 13.1 Å². The summed E-state index contributed by atoms with van der Waals surface area (Å²) in [6, 6.07) is 0. The summed E-state index contributed by atoms with van der Waals surface area (Å²) in [5.41, 5.74) is 1.53. The van der Waals surface area contributed by atoms with Gasteiger partial charge in [0, 0.05) is 19.3 Å². The lowest BCUT2D eigenvalue weighted by Crippen LogP contribution is -2.43. The molecular weight excluding hydrogens is 358 g/mol. The van der Waals surface area contributed by atoms with E-state index in [0.29, 0.717) is 32.3 Å². The molecule has 0 bridgehead atoms. The van der Waals surface area contributed by atoms with E-state index in [2.05, 4.69) is 5.16 Å². The first-order valence-corrected chi connectivity index (χ1v) is 10.0. The fraction of sp³-hybridized carbons (Fsp3) is 0.682. The van der Waals surface area contributed by atoms with Crippen molar-refractivity contribution in [3.8, 4) is 0 Å². The van der Waals surface area contributed by atoms with Crippen molar-refractivity contribution in [2.45, 2.75) is 84.8 Å². The Morgan fingerprint density at radius 2 is 2.11 bits per heavy atom. The van der Waals surface area contributed by atoms with Crippen molar-refractivity contribution in [1.29, 1.82) is 0 Å². The van der Waals surface area contributed by atoms with Gasteiger partial charge in [0.1, 0.15) is 17.5 Å². The molecule has 1 unspecified atom stereocenters. The number of hydrogen-bond acceptors (Lipinski definition) is 6.